The molecule has 0 spiro atoms. The van der Waals surface area contributed by atoms with Crippen LogP contribution in [0, 0.1) is 0 Å². The minimum Gasteiger partial charge on any atom is -0.318 e. The summed E-state index contributed by atoms with van der Waals surface area (Å²) in [6.07, 6.45) is 1.41. The van der Waals surface area contributed by atoms with Crippen molar-refractivity contribution in [3.05, 3.63) is 54.1 Å². The highest BCUT2D eigenvalue weighted by Crippen LogP contribution is 2.19. The highest BCUT2D eigenvalue weighted by Gasteiger charge is 2.38. The average molecular weight is 293 g/mol. The molecule has 0 aliphatic rings. The molecule has 0 atom stereocenters. The third-order valence-corrected chi connectivity index (χ3v) is 2.45. The molecule has 0 aliphatic heterocycles. The van der Waals surface area contributed by atoms with Crippen LogP contribution in [0.3, 0.4) is 0 Å². The summed E-state index contributed by atoms with van der Waals surface area (Å²) in [5.41, 5.74) is 1.37. The molecule has 0 radical (unpaired) electrons. The molecule has 1 amide bonds. The first-order chi connectivity index (χ1) is 9.95. The number of benzene rings is 1. The maximum absolute atomic E-state index is 12.2. The standard InChI is InChI=1S/C14H10F3N3O/c15-14(16,17)13(21)20-12-3-1-2-10(8-12)4-5-11-6-7-18-9-19-11/h1-9H,(H,20,21)/b5-4+. The van der Waals surface area contributed by atoms with Crippen molar-refractivity contribution < 1.29 is 18.0 Å². The lowest BCUT2D eigenvalue weighted by Crippen LogP contribution is -2.29. The van der Waals surface area contributed by atoms with Crippen molar-refractivity contribution in [3.8, 4) is 0 Å². The maximum atomic E-state index is 12.2. The number of hydrogen-bond acceptors (Lipinski definition) is 3. The number of aromatic nitrogens is 2. The van der Waals surface area contributed by atoms with E-state index >= 15 is 0 Å². The lowest BCUT2D eigenvalue weighted by atomic mass is 10.1. The topological polar surface area (TPSA) is 54.9 Å². The van der Waals surface area contributed by atoms with Gasteiger partial charge in [-0.2, -0.15) is 13.2 Å². The van der Waals surface area contributed by atoms with Crippen molar-refractivity contribution in [2.45, 2.75) is 6.18 Å². The average Bonchev–Trinajstić information content (AvgIpc) is 2.46. The molecule has 21 heavy (non-hydrogen) atoms. The minimum absolute atomic E-state index is 0.0714. The molecular weight excluding hydrogens is 283 g/mol. The van der Waals surface area contributed by atoms with Gasteiger partial charge in [0.2, 0.25) is 0 Å². The summed E-state index contributed by atoms with van der Waals surface area (Å²) in [6.45, 7) is 0. The summed E-state index contributed by atoms with van der Waals surface area (Å²) in [5, 5.41) is 1.80. The Morgan fingerprint density at radius 3 is 2.67 bits per heavy atom. The highest BCUT2D eigenvalue weighted by molar-refractivity contribution is 5.95. The van der Waals surface area contributed by atoms with Crippen molar-refractivity contribution in [3.63, 3.8) is 0 Å². The molecule has 0 saturated carbocycles. The number of carbonyl (C=O) groups is 1. The van der Waals surface area contributed by atoms with Crippen LogP contribution in [0.25, 0.3) is 12.2 Å². The fraction of sp³-hybridized carbons (Fsp3) is 0.0714. The van der Waals surface area contributed by atoms with Crippen molar-refractivity contribution in [1.29, 1.82) is 0 Å². The van der Waals surface area contributed by atoms with Gasteiger partial charge in [-0.3, -0.25) is 4.79 Å². The van der Waals surface area contributed by atoms with Gasteiger partial charge in [0.15, 0.2) is 0 Å². The molecule has 1 aromatic carbocycles. The number of carbonyl (C=O) groups excluding carboxylic acids is 1. The van der Waals surface area contributed by atoms with Crippen LogP contribution in [0.1, 0.15) is 11.3 Å². The van der Waals surface area contributed by atoms with E-state index in [-0.39, 0.29) is 5.69 Å². The Bertz CT molecular complexity index is 654. The molecule has 0 aliphatic carbocycles. The van der Waals surface area contributed by atoms with Crippen LogP contribution in [0.15, 0.2) is 42.9 Å². The first kappa shape index (κ1) is 14.7. The second-order valence-electron chi connectivity index (χ2n) is 4.04. The van der Waals surface area contributed by atoms with Gasteiger partial charge in [0.25, 0.3) is 0 Å². The lowest BCUT2D eigenvalue weighted by molar-refractivity contribution is -0.167. The third-order valence-electron chi connectivity index (χ3n) is 2.45. The van der Waals surface area contributed by atoms with Gasteiger partial charge in [-0.1, -0.05) is 18.2 Å². The molecule has 1 aromatic heterocycles. The predicted molar refractivity (Wildman–Crippen MR) is 72.1 cm³/mol. The molecule has 0 fully saturated rings. The molecule has 2 rings (SSSR count). The number of halogens is 3. The number of alkyl halides is 3. The van der Waals surface area contributed by atoms with Gasteiger partial charge in [0, 0.05) is 11.9 Å². The Kier molecular flexibility index (Phi) is 4.32. The second kappa shape index (κ2) is 6.17. The van der Waals surface area contributed by atoms with E-state index < -0.39 is 12.1 Å². The molecule has 0 bridgehead atoms. The van der Waals surface area contributed by atoms with E-state index in [1.165, 1.54) is 18.5 Å². The molecule has 0 saturated heterocycles. The van der Waals surface area contributed by atoms with E-state index in [4.69, 9.17) is 0 Å². The molecule has 4 nitrogen and oxygen atoms in total. The van der Waals surface area contributed by atoms with Crippen molar-refractivity contribution in [2.24, 2.45) is 0 Å². The Morgan fingerprint density at radius 2 is 2.00 bits per heavy atom. The van der Waals surface area contributed by atoms with E-state index in [2.05, 4.69) is 9.97 Å². The van der Waals surface area contributed by atoms with Crippen molar-refractivity contribution in [1.82, 2.24) is 9.97 Å². The number of amides is 1. The molecule has 7 heteroatoms. The molecular formula is C14H10F3N3O. The van der Waals surface area contributed by atoms with Crippen LogP contribution < -0.4 is 5.32 Å². The molecule has 2 aromatic rings. The number of anilines is 1. The Morgan fingerprint density at radius 1 is 1.19 bits per heavy atom. The summed E-state index contributed by atoms with van der Waals surface area (Å²) in [4.78, 5) is 18.6. The molecule has 108 valence electrons. The first-order valence-corrected chi connectivity index (χ1v) is 5.87. The zero-order valence-electron chi connectivity index (χ0n) is 10.6. The van der Waals surface area contributed by atoms with Gasteiger partial charge in [-0.25, -0.2) is 9.97 Å². The number of nitrogens with zero attached hydrogens (tertiary/aromatic N) is 2. The van der Waals surface area contributed by atoms with Gasteiger partial charge >= 0.3 is 12.1 Å². The Balaban J connectivity index is 2.11. The summed E-state index contributed by atoms with van der Waals surface area (Å²) in [7, 11) is 0. The van der Waals surface area contributed by atoms with Crippen LogP contribution in [0.2, 0.25) is 0 Å². The minimum atomic E-state index is -4.91. The highest BCUT2D eigenvalue weighted by atomic mass is 19.4. The summed E-state index contributed by atoms with van der Waals surface area (Å²) < 4.78 is 36.5. The lowest BCUT2D eigenvalue weighted by Gasteiger charge is -2.08. The first-order valence-electron chi connectivity index (χ1n) is 5.87. The normalized spacial score (nSPS) is 11.6. The fourth-order valence-electron chi connectivity index (χ4n) is 1.50. The second-order valence-corrected chi connectivity index (χ2v) is 4.04. The van der Waals surface area contributed by atoms with Gasteiger partial charge in [0.05, 0.1) is 5.69 Å². The zero-order valence-corrected chi connectivity index (χ0v) is 10.6. The summed E-state index contributed by atoms with van der Waals surface area (Å²) in [5.74, 6) is -2.00. The van der Waals surface area contributed by atoms with Crippen molar-refractivity contribution in [2.75, 3.05) is 5.32 Å². The van der Waals surface area contributed by atoms with Gasteiger partial charge in [0.1, 0.15) is 6.33 Å². The van der Waals surface area contributed by atoms with Gasteiger partial charge in [-0.15, -0.1) is 0 Å². The number of hydrogen-bond donors (Lipinski definition) is 1. The quantitative estimate of drug-likeness (QED) is 0.945. The maximum Gasteiger partial charge on any atom is 0.471 e. The smallest absolute Gasteiger partial charge is 0.318 e. The van der Waals surface area contributed by atoms with Crippen LogP contribution in [-0.4, -0.2) is 22.1 Å². The Labute approximate surface area is 118 Å². The fourth-order valence-corrected chi connectivity index (χ4v) is 1.50. The zero-order chi connectivity index (χ0) is 15.3. The van der Waals surface area contributed by atoms with E-state index in [1.807, 2.05) is 0 Å². The van der Waals surface area contributed by atoms with Gasteiger partial charge < -0.3 is 5.32 Å². The van der Waals surface area contributed by atoms with Gasteiger partial charge in [-0.05, 0) is 29.8 Å². The predicted octanol–water partition coefficient (Wildman–Crippen LogP) is 3.15. The van der Waals surface area contributed by atoms with E-state index in [0.29, 0.717) is 11.3 Å². The largest absolute Gasteiger partial charge is 0.471 e. The van der Waals surface area contributed by atoms with E-state index in [0.717, 1.165) is 0 Å². The van der Waals surface area contributed by atoms with Crippen LogP contribution >= 0.6 is 0 Å². The summed E-state index contributed by atoms with van der Waals surface area (Å²) >= 11 is 0. The molecule has 1 heterocycles. The number of rotatable bonds is 3. The third kappa shape index (κ3) is 4.41. The van der Waals surface area contributed by atoms with E-state index in [9.17, 15) is 18.0 Å². The number of nitrogens with one attached hydrogen (secondary N) is 1. The summed E-state index contributed by atoms with van der Waals surface area (Å²) in [6, 6.07) is 7.74. The van der Waals surface area contributed by atoms with Crippen LogP contribution in [-0.2, 0) is 4.79 Å². The van der Waals surface area contributed by atoms with Crippen LogP contribution in [0.5, 0.6) is 0 Å². The van der Waals surface area contributed by atoms with Crippen LogP contribution in [0.4, 0.5) is 18.9 Å². The SMILES string of the molecule is O=C(Nc1cccc(/C=C/c2ccncn2)c1)C(F)(F)F. The van der Waals surface area contributed by atoms with Crippen molar-refractivity contribution >= 4 is 23.7 Å². The monoisotopic (exact) mass is 293 g/mol. The molecule has 0 unspecified atom stereocenters. The Hall–Kier alpha value is -2.70. The van der Waals surface area contributed by atoms with E-state index in [1.54, 1.807) is 41.9 Å². The molecule has 1 N–H and O–H groups in total.